The molecular weight excluding hydrogens is 332 g/mol. The Balaban J connectivity index is 1.48. The first-order valence-corrected chi connectivity index (χ1v) is 10.2. The molecule has 134 valence electrons. The predicted octanol–water partition coefficient (Wildman–Crippen LogP) is 3.78. The fourth-order valence-electron chi connectivity index (χ4n) is 4.03. The molecule has 1 aliphatic heterocycles. The Morgan fingerprint density at radius 1 is 1.28 bits per heavy atom. The molecule has 1 amide bonds. The van der Waals surface area contributed by atoms with Crippen molar-refractivity contribution in [1.82, 2.24) is 19.4 Å². The van der Waals surface area contributed by atoms with E-state index in [1.165, 1.54) is 36.4 Å². The maximum atomic E-state index is 12.9. The van der Waals surface area contributed by atoms with Gasteiger partial charge in [-0.2, -0.15) is 0 Å². The van der Waals surface area contributed by atoms with E-state index in [4.69, 9.17) is 0 Å². The Bertz CT molecular complexity index is 761. The molecule has 1 unspecified atom stereocenters. The Morgan fingerprint density at radius 3 is 2.80 bits per heavy atom. The van der Waals surface area contributed by atoms with Gasteiger partial charge in [-0.25, -0.2) is 9.97 Å². The van der Waals surface area contributed by atoms with Gasteiger partial charge in [-0.05, 0) is 45.4 Å². The molecule has 0 bridgehead atoms. The summed E-state index contributed by atoms with van der Waals surface area (Å²) in [6.07, 6.45) is 10.3. The Labute approximate surface area is 153 Å². The zero-order valence-corrected chi connectivity index (χ0v) is 15.9. The van der Waals surface area contributed by atoms with Crippen molar-refractivity contribution in [1.29, 1.82) is 0 Å². The first-order chi connectivity index (χ1) is 12.1. The second-order valence-corrected chi connectivity index (χ2v) is 8.68. The van der Waals surface area contributed by atoms with Gasteiger partial charge in [-0.1, -0.05) is 6.42 Å². The Hall–Kier alpha value is -1.69. The minimum Gasteiger partial charge on any atom is -0.337 e. The summed E-state index contributed by atoms with van der Waals surface area (Å²) in [5, 5.41) is 0.963. The van der Waals surface area contributed by atoms with Crippen LogP contribution in [0.3, 0.4) is 0 Å². The SMILES string of the molecule is Cc1nc(C)c(C(=O)N2CCCC(c3nccn3CC3CCC3)C2)s1. The van der Waals surface area contributed by atoms with Crippen molar-refractivity contribution in [3.63, 3.8) is 0 Å². The molecular formula is C19H26N4OS. The van der Waals surface area contributed by atoms with Crippen LogP contribution in [-0.4, -0.2) is 38.4 Å². The van der Waals surface area contributed by atoms with Gasteiger partial charge in [-0.15, -0.1) is 11.3 Å². The maximum absolute atomic E-state index is 12.9. The van der Waals surface area contributed by atoms with E-state index in [-0.39, 0.29) is 5.91 Å². The number of carbonyl (C=O) groups excluding carboxylic acids is 1. The van der Waals surface area contributed by atoms with Gasteiger partial charge in [-0.3, -0.25) is 4.79 Å². The second kappa shape index (κ2) is 6.90. The van der Waals surface area contributed by atoms with Crippen molar-refractivity contribution in [3.8, 4) is 0 Å². The standard InChI is InChI=1S/C19H26N4OS/c1-13-17(25-14(2)21-13)19(24)23-9-4-7-16(12-23)18-20-8-10-22(18)11-15-5-3-6-15/h8,10,15-16H,3-7,9,11-12H2,1-2H3. The highest BCUT2D eigenvalue weighted by molar-refractivity contribution is 7.13. The van der Waals surface area contributed by atoms with Crippen LogP contribution in [-0.2, 0) is 6.54 Å². The molecule has 1 atom stereocenters. The van der Waals surface area contributed by atoms with Crippen LogP contribution in [0.4, 0.5) is 0 Å². The Morgan fingerprint density at radius 2 is 2.12 bits per heavy atom. The molecule has 3 heterocycles. The quantitative estimate of drug-likeness (QED) is 0.836. The molecule has 1 aliphatic carbocycles. The molecule has 25 heavy (non-hydrogen) atoms. The normalized spacial score (nSPS) is 21.4. The van der Waals surface area contributed by atoms with Crippen molar-refractivity contribution >= 4 is 17.2 Å². The van der Waals surface area contributed by atoms with Crippen molar-refractivity contribution in [2.75, 3.05) is 13.1 Å². The van der Waals surface area contributed by atoms with Crippen LogP contribution >= 0.6 is 11.3 Å². The molecule has 4 rings (SSSR count). The summed E-state index contributed by atoms with van der Waals surface area (Å²) in [6, 6.07) is 0. The smallest absolute Gasteiger partial charge is 0.265 e. The lowest BCUT2D eigenvalue weighted by Gasteiger charge is -2.33. The first kappa shape index (κ1) is 16.8. The summed E-state index contributed by atoms with van der Waals surface area (Å²) < 4.78 is 2.34. The fraction of sp³-hybridized carbons (Fsp3) is 0.632. The lowest BCUT2D eigenvalue weighted by atomic mass is 9.85. The van der Waals surface area contributed by atoms with E-state index in [2.05, 4.69) is 20.7 Å². The lowest BCUT2D eigenvalue weighted by Crippen LogP contribution is -2.39. The van der Waals surface area contributed by atoms with E-state index >= 15 is 0 Å². The van der Waals surface area contributed by atoms with Crippen LogP contribution in [0.2, 0.25) is 0 Å². The molecule has 1 saturated heterocycles. The average molecular weight is 359 g/mol. The number of hydrogen-bond acceptors (Lipinski definition) is 4. The number of aryl methyl sites for hydroxylation is 2. The summed E-state index contributed by atoms with van der Waals surface area (Å²) in [6.45, 7) is 6.60. The Kier molecular flexibility index (Phi) is 4.63. The van der Waals surface area contributed by atoms with Crippen LogP contribution in [0.15, 0.2) is 12.4 Å². The van der Waals surface area contributed by atoms with Crippen molar-refractivity contribution in [2.24, 2.45) is 5.92 Å². The highest BCUT2D eigenvalue weighted by atomic mass is 32.1. The van der Waals surface area contributed by atoms with Gasteiger partial charge in [0.05, 0.1) is 10.7 Å². The molecule has 5 nitrogen and oxygen atoms in total. The van der Waals surface area contributed by atoms with Crippen LogP contribution in [0, 0.1) is 19.8 Å². The highest BCUT2D eigenvalue weighted by Gasteiger charge is 2.30. The molecule has 0 N–H and O–H groups in total. The molecule has 2 aliphatic rings. The molecule has 1 saturated carbocycles. The predicted molar refractivity (Wildman–Crippen MR) is 99.0 cm³/mol. The fourth-order valence-corrected chi connectivity index (χ4v) is 4.92. The lowest BCUT2D eigenvalue weighted by molar-refractivity contribution is 0.0706. The topological polar surface area (TPSA) is 51.0 Å². The van der Waals surface area contributed by atoms with Crippen LogP contribution in [0.1, 0.15) is 64.2 Å². The summed E-state index contributed by atoms with van der Waals surface area (Å²) in [5.74, 6) is 2.48. The van der Waals surface area contributed by atoms with Gasteiger partial charge in [0.15, 0.2) is 0 Å². The summed E-state index contributed by atoms with van der Waals surface area (Å²) in [5.41, 5.74) is 0.862. The minimum absolute atomic E-state index is 0.143. The van der Waals surface area contributed by atoms with E-state index in [0.29, 0.717) is 5.92 Å². The summed E-state index contributed by atoms with van der Waals surface area (Å²) in [7, 11) is 0. The van der Waals surface area contributed by atoms with E-state index in [9.17, 15) is 4.79 Å². The van der Waals surface area contributed by atoms with Gasteiger partial charge < -0.3 is 9.47 Å². The van der Waals surface area contributed by atoms with Crippen molar-refractivity contribution in [3.05, 3.63) is 33.8 Å². The number of aromatic nitrogens is 3. The second-order valence-electron chi connectivity index (χ2n) is 7.47. The van der Waals surface area contributed by atoms with E-state index in [0.717, 1.165) is 54.0 Å². The molecule has 0 radical (unpaired) electrons. The molecule has 2 aromatic heterocycles. The largest absolute Gasteiger partial charge is 0.337 e. The summed E-state index contributed by atoms with van der Waals surface area (Å²) >= 11 is 1.51. The van der Waals surface area contributed by atoms with Gasteiger partial charge in [0.2, 0.25) is 0 Å². The third-order valence-electron chi connectivity index (χ3n) is 5.60. The number of amides is 1. The zero-order valence-electron chi connectivity index (χ0n) is 15.1. The number of nitrogens with zero attached hydrogens (tertiary/aromatic N) is 4. The number of hydrogen-bond donors (Lipinski definition) is 0. The first-order valence-electron chi connectivity index (χ1n) is 9.36. The summed E-state index contributed by atoms with van der Waals surface area (Å²) in [4.78, 5) is 24.8. The third-order valence-corrected chi connectivity index (χ3v) is 6.66. The number of thiazole rings is 1. The van der Waals surface area contributed by atoms with Crippen molar-refractivity contribution in [2.45, 2.75) is 58.4 Å². The van der Waals surface area contributed by atoms with Crippen LogP contribution in [0.5, 0.6) is 0 Å². The molecule has 2 fully saturated rings. The third kappa shape index (κ3) is 3.36. The molecule has 6 heteroatoms. The number of imidazole rings is 1. The van der Waals surface area contributed by atoms with E-state index in [1.54, 1.807) is 0 Å². The number of rotatable bonds is 4. The van der Waals surface area contributed by atoms with E-state index in [1.807, 2.05) is 24.9 Å². The molecule has 2 aromatic rings. The van der Waals surface area contributed by atoms with Crippen LogP contribution in [0.25, 0.3) is 0 Å². The molecule has 0 aromatic carbocycles. The number of piperidine rings is 1. The number of likely N-dealkylation sites (tertiary alicyclic amines) is 1. The van der Waals surface area contributed by atoms with Gasteiger partial charge >= 0.3 is 0 Å². The van der Waals surface area contributed by atoms with Crippen LogP contribution < -0.4 is 0 Å². The van der Waals surface area contributed by atoms with E-state index < -0.39 is 0 Å². The van der Waals surface area contributed by atoms with Crippen molar-refractivity contribution < 1.29 is 4.79 Å². The van der Waals surface area contributed by atoms with Gasteiger partial charge in [0.1, 0.15) is 10.7 Å². The highest BCUT2D eigenvalue weighted by Crippen LogP contribution is 2.32. The average Bonchev–Trinajstić information content (AvgIpc) is 3.16. The van der Waals surface area contributed by atoms with Gasteiger partial charge in [0.25, 0.3) is 5.91 Å². The van der Waals surface area contributed by atoms with Gasteiger partial charge in [0, 0.05) is 37.9 Å². The molecule has 0 spiro atoms. The zero-order chi connectivity index (χ0) is 17.4. The maximum Gasteiger partial charge on any atom is 0.265 e. The minimum atomic E-state index is 0.143. The number of carbonyl (C=O) groups is 1. The monoisotopic (exact) mass is 358 g/mol.